The van der Waals surface area contributed by atoms with Crippen LogP contribution in [0.3, 0.4) is 0 Å². The molecule has 1 amide bonds. The number of carbonyl (C=O) groups is 2. The molecule has 0 bridgehead atoms. The van der Waals surface area contributed by atoms with Gasteiger partial charge in [0.2, 0.25) is 5.91 Å². The normalized spacial score (nSPS) is 22.3. The highest BCUT2D eigenvalue weighted by Gasteiger charge is 2.35. The van der Waals surface area contributed by atoms with E-state index in [1.165, 1.54) is 37.7 Å². The molecule has 2 atom stereocenters. The maximum atomic E-state index is 12.7. The molecule has 148 valence electrons. The SMILES string of the molecule is O=C(CCCC(=O)N1CCCC2CCCCC21)CCCc1cccc(Cl)c1. The number of piperidine rings is 1. The Labute approximate surface area is 168 Å². The number of ketones is 1. The number of halogens is 1. The van der Waals surface area contributed by atoms with E-state index in [9.17, 15) is 9.59 Å². The van der Waals surface area contributed by atoms with E-state index in [2.05, 4.69) is 4.90 Å². The minimum atomic E-state index is 0.276. The number of likely N-dealkylation sites (tertiary alicyclic amines) is 1. The van der Waals surface area contributed by atoms with E-state index >= 15 is 0 Å². The first-order chi connectivity index (χ1) is 13.1. The van der Waals surface area contributed by atoms with Gasteiger partial charge in [-0.1, -0.05) is 36.6 Å². The number of aryl methyl sites for hydroxylation is 1. The molecule has 1 saturated heterocycles. The van der Waals surface area contributed by atoms with E-state index in [1.54, 1.807) is 0 Å². The summed E-state index contributed by atoms with van der Waals surface area (Å²) in [6.07, 6.45) is 11.6. The van der Waals surface area contributed by atoms with Gasteiger partial charge in [0.25, 0.3) is 0 Å². The molecule has 1 aromatic carbocycles. The lowest BCUT2D eigenvalue weighted by molar-refractivity contribution is -0.137. The molecule has 1 aliphatic carbocycles. The number of carbonyl (C=O) groups excluding carboxylic acids is 2. The summed E-state index contributed by atoms with van der Waals surface area (Å²) in [5, 5.41) is 0.746. The minimum absolute atomic E-state index is 0.276. The van der Waals surface area contributed by atoms with Gasteiger partial charge in [-0.2, -0.15) is 0 Å². The van der Waals surface area contributed by atoms with Gasteiger partial charge in [0.15, 0.2) is 0 Å². The highest BCUT2D eigenvalue weighted by atomic mass is 35.5. The van der Waals surface area contributed by atoms with Crippen molar-refractivity contribution >= 4 is 23.3 Å². The van der Waals surface area contributed by atoms with Gasteiger partial charge in [-0.15, -0.1) is 0 Å². The van der Waals surface area contributed by atoms with Gasteiger partial charge in [0, 0.05) is 36.9 Å². The average Bonchev–Trinajstić information content (AvgIpc) is 2.67. The van der Waals surface area contributed by atoms with Crippen LogP contribution >= 0.6 is 11.6 Å². The number of nitrogens with zero attached hydrogens (tertiary/aromatic N) is 1. The second-order valence-electron chi connectivity index (χ2n) is 8.22. The van der Waals surface area contributed by atoms with Crippen LogP contribution in [0.5, 0.6) is 0 Å². The van der Waals surface area contributed by atoms with Crippen molar-refractivity contribution in [3.8, 4) is 0 Å². The average molecular weight is 390 g/mol. The Morgan fingerprint density at radius 1 is 1.00 bits per heavy atom. The lowest BCUT2D eigenvalue weighted by Crippen LogP contribution is -2.49. The van der Waals surface area contributed by atoms with Crippen molar-refractivity contribution in [1.29, 1.82) is 0 Å². The van der Waals surface area contributed by atoms with Gasteiger partial charge >= 0.3 is 0 Å². The molecule has 3 nitrogen and oxygen atoms in total. The number of fused-ring (bicyclic) bond motifs is 1. The molecule has 1 aromatic rings. The van der Waals surface area contributed by atoms with E-state index in [-0.39, 0.29) is 11.7 Å². The summed E-state index contributed by atoms with van der Waals surface area (Å²) < 4.78 is 0. The first-order valence-electron chi connectivity index (χ1n) is 10.7. The van der Waals surface area contributed by atoms with Gasteiger partial charge in [0.05, 0.1) is 0 Å². The molecule has 2 fully saturated rings. The van der Waals surface area contributed by atoms with Crippen LogP contribution in [-0.4, -0.2) is 29.2 Å². The van der Waals surface area contributed by atoms with E-state index in [0.717, 1.165) is 36.7 Å². The maximum Gasteiger partial charge on any atom is 0.222 e. The third kappa shape index (κ3) is 6.07. The summed E-state index contributed by atoms with van der Waals surface area (Å²) in [7, 11) is 0. The van der Waals surface area contributed by atoms with Crippen LogP contribution in [0.4, 0.5) is 0 Å². The first kappa shape index (κ1) is 20.4. The van der Waals surface area contributed by atoms with E-state index in [0.29, 0.717) is 31.7 Å². The molecule has 0 spiro atoms. The minimum Gasteiger partial charge on any atom is -0.339 e. The Kier molecular flexibility index (Phi) is 7.75. The second kappa shape index (κ2) is 10.3. The maximum absolute atomic E-state index is 12.7. The van der Waals surface area contributed by atoms with Crippen LogP contribution in [-0.2, 0) is 16.0 Å². The number of hydrogen-bond acceptors (Lipinski definition) is 2. The van der Waals surface area contributed by atoms with Gasteiger partial charge < -0.3 is 4.90 Å². The molecule has 4 heteroatoms. The van der Waals surface area contributed by atoms with E-state index < -0.39 is 0 Å². The predicted molar refractivity (Wildman–Crippen MR) is 110 cm³/mol. The molecule has 2 unspecified atom stereocenters. The van der Waals surface area contributed by atoms with E-state index in [4.69, 9.17) is 11.6 Å². The van der Waals surface area contributed by atoms with Crippen molar-refractivity contribution in [2.45, 2.75) is 83.1 Å². The molecular formula is C23H32ClNO2. The smallest absolute Gasteiger partial charge is 0.222 e. The molecule has 1 heterocycles. The van der Waals surface area contributed by atoms with Crippen LogP contribution in [0, 0.1) is 5.92 Å². The van der Waals surface area contributed by atoms with Crippen molar-refractivity contribution in [3.63, 3.8) is 0 Å². The van der Waals surface area contributed by atoms with Crippen molar-refractivity contribution < 1.29 is 9.59 Å². The Bertz CT molecular complexity index is 643. The van der Waals surface area contributed by atoms with Gasteiger partial charge in [0.1, 0.15) is 5.78 Å². The number of benzene rings is 1. The number of rotatable bonds is 8. The van der Waals surface area contributed by atoms with Crippen LogP contribution in [0.25, 0.3) is 0 Å². The third-order valence-corrected chi connectivity index (χ3v) is 6.46. The third-order valence-electron chi connectivity index (χ3n) is 6.22. The highest BCUT2D eigenvalue weighted by molar-refractivity contribution is 6.30. The summed E-state index contributed by atoms with van der Waals surface area (Å²) >= 11 is 5.99. The Morgan fingerprint density at radius 3 is 2.63 bits per heavy atom. The number of hydrogen-bond donors (Lipinski definition) is 0. The fraction of sp³-hybridized carbons (Fsp3) is 0.652. The fourth-order valence-corrected chi connectivity index (χ4v) is 5.03. The quantitative estimate of drug-likeness (QED) is 0.581. The van der Waals surface area contributed by atoms with Crippen LogP contribution < -0.4 is 0 Å². The largest absolute Gasteiger partial charge is 0.339 e. The van der Waals surface area contributed by atoms with E-state index in [1.807, 2.05) is 24.3 Å². The summed E-state index contributed by atoms with van der Waals surface area (Å²) in [6, 6.07) is 8.30. The predicted octanol–water partition coefficient (Wildman–Crippen LogP) is 5.58. The summed E-state index contributed by atoms with van der Waals surface area (Å²) in [4.78, 5) is 27.0. The molecule has 2 aliphatic rings. The van der Waals surface area contributed by atoms with Crippen molar-refractivity contribution in [1.82, 2.24) is 4.90 Å². The van der Waals surface area contributed by atoms with Gasteiger partial charge in [-0.3, -0.25) is 9.59 Å². The monoisotopic (exact) mass is 389 g/mol. The zero-order valence-corrected chi connectivity index (χ0v) is 17.1. The van der Waals surface area contributed by atoms with Gasteiger partial charge in [-0.25, -0.2) is 0 Å². The lowest BCUT2D eigenvalue weighted by Gasteiger charge is -2.44. The van der Waals surface area contributed by atoms with Crippen molar-refractivity contribution in [2.24, 2.45) is 5.92 Å². The Morgan fingerprint density at radius 2 is 1.78 bits per heavy atom. The summed E-state index contributed by atoms with van der Waals surface area (Å²) in [6.45, 7) is 0.924. The standard InChI is InChI=1S/C23H32ClNO2/c24-20-11-3-7-18(17-20)8-4-12-21(26)13-5-15-23(27)25-16-6-10-19-9-1-2-14-22(19)25/h3,7,11,17,19,22H,1-2,4-6,8-10,12-16H2. The number of Topliss-reactive ketones (excluding diaryl/α,β-unsaturated/α-hetero) is 1. The topological polar surface area (TPSA) is 37.4 Å². The van der Waals surface area contributed by atoms with Crippen LogP contribution in [0.2, 0.25) is 5.02 Å². The summed E-state index contributed by atoms with van der Waals surface area (Å²) in [5.74, 6) is 1.28. The Hall–Kier alpha value is -1.35. The lowest BCUT2D eigenvalue weighted by atomic mass is 9.78. The zero-order chi connectivity index (χ0) is 19.1. The van der Waals surface area contributed by atoms with Crippen LogP contribution in [0.15, 0.2) is 24.3 Å². The van der Waals surface area contributed by atoms with Crippen LogP contribution in [0.1, 0.15) is 76.2 Å². The first-order valence-corrected chi connectivity index (χ1v) is 11.1. The summed E-state index contributed by atoms with van der Waals surface area (Å²) in [5.41, 5.74) is 1.18. The second-order valence-corrected chi connectivity index (χ2v) is 8.65. The van der Waals surface area contributed by atoms with Crippen molar-refractivity contribution in [3.05, 3.63) is 34.9 Å². The molecule has 27 heavy (non-hydrogen) atoms. The zero-order valence-electron chi connectivity index (χ0n) is 16.3. The molecular weight excluding hydrogens is 358 g/mol. The molecule has 0 aromatic heterocycles. The fourth-order valence-electron chi connectivity index (χ4n) is 4.82. The Balaban J connectivity index is 1.33. The molecule has 3 rings (SSSR count). The van der Waals surface area contributed by atoms with Crippen molar-refractivity contribution in [2.75, 3.05) is 6.54 Å². The molecule has 0 N–H and O–H groups in total. The molecule has 1 saturated carbocycles. The van der Waals surface area contributed by atoms with Gasteiger partial charge in [-0.05, 0) is 68.6 Å². The molecule has 0 radical (unpaired) electrons. The molecule has 1 aliphatic heterocycles. The number of amides is 1. The highest BCUT2D eigenvalue weighted by Crippen LogP contribution is 2.35.